The van der Waals surface area contributed by atoms with Crippen molar-refractivity contribution in [2.45, 2.75) is 45.8 Å². The Morgan fingerprint density at radius 1 is 0.603 bits per heavy atom. The molecule has 0 aliphatic carbocycles. The summed E-state index contributed by atoms with van der Waals surface area (Å²) >= 11 is 1.83. The molecule has 9 rings (SSSR count). The van der Waals surface area contributed by atoms with Crippen LogP contribution in [0.5, 0.6) is 0 Å². The predicted molar refractivity (Wildman–Crippen MR) is 247 cm³/mol. The molecule has 1 radical (unpaired) electrons. The first kappa shape index (κ1) is 40.9. The summed E-state index contributed by atoms with van der Waals surface area (Å²) in [7, 11) is -1.39. The van der Waals surface area contributed by atoms with Gasteiger partial charge in [0, 0.05) is 37.2 Å². The van der Waals surface area contributed by atoms with Crippen molar-refractivity contribution in [3.8, 4) is 44.8 Å². The van der Waals surface area contributed by atoms with Crippen LogP contribution in [0.4, 0.5) is 0 Å². The first-order valence-electron chi connectivity index (χ1n) is 19.7. The Labute approximate surface area is 362 Å². The third-order valence-electron chi connectivity index (χ3n) is 10.4. The number of thiophene rings is 1. The van der Waals surface area contributed by atoms with Crippen LogP contribution in [-0.4, -0.2) is 18.0 Å². The molecule has 0 fully saturated rings. The van der Waals surface area contributed by atoms with E-state index in [2.05, 4.69) is 197 Å². The van der Waals surface area contributed by atoms with E-state index in [4.69, 9.17) is 9.97 Å². The quantitative estimate of drug-likeness (QED) is 0.112. The summed E-state index contributed by atoms with van der Waals surface area (Å²) in [6.45, 7) is 11.7. The van der Waals surface area contributed by atoms with Gasteiger partial charge in [-0.3, -0.25) is 0 Å². The van der Waals surface area contributed by atoms with E-state index in [1.807, 2.05) is 29.7 Å². The zero-order valence-electron chi connectivity index (χ0n) is 33.6. The number of rotatable bonds is 8. The number of pyridine rings is 2. The molecule has 2 nitrogen and oxygen atoms in total. The smallest absolute Gasteiger partial charge is 0.0799 e. The summed E-state index contributed by atoms with van der Waals surface area (Å²) < 4.78 is 2.54. The maximum Gasteiger partial charge on any atom is 0.0799 e. The van der Waals surface area contributed by atoms with Crippen molar-refractivity contribution in [2.24, 2.45) is 0 Å². The number of aromatic nitrogens is 2. The maximum absolute atomic E-state index is 4.76. The van der Waals surface area contributed by atoms with Crippen LogP contribution >= 0.6 is 11.3 Å². The molecule has 0 atom stereocenters. The normalized spacial score (nSPS) is 11.3. The van der Waals surface area contributed by atoms with Crippen LogP contribution in [0.1, 0.15) is 36.5 Å². The van der Waals surface area contributed by atoms with Gasteiger partial charge in [0.2, 0.25) is 0 Å². The zero-order chi connectivity index (χ0) is 39.4. The predicted octanol–water partition coefficient (Wildman–Crippen LogP) is 14.1. The first-order chi connectivity index (χ1) is 27.7. The van der Waals surface area contributed by atoms with Gasteiger partial charge in [-0.1, -0.05) is 171 Å². The van der Waals surface area contributed by atoms with E-state index < -0.39 is 8.07 Å². The Morgan fingerprint density at radius 2 is 1.28 bits per heavy atom. The third-order valence-corrected chi connectivity index (χ3v) is 13.7. The molecule has 0 saturated carbocycles. The van der Waals surface area contributed by atoms with Gasteiger partial charge in [0.25, 0.3) is 0 Å². The summed E-state index contributed by atoms with van der Waals surface area (Å²) in [4.78, 5) is 9.48. The van der Waals surface area contributed by atoms with Gasteiger partial charge in [0.15, 0.2) is 0 Å². The topological polar surface area (TPSA) is 25.8 Å². The largest absolute Gasteiger partial charge is 0.305 e. The van der Waals surface area contributed by atoms with Crippen LogP contribution in [0, 0.1) is 12.1 Å². The molecule has 0 unspecified atom stereocenters. The van der Waals surface area contributed by atoms with Gasteiger partial charge >= 0.3 is 0 Å². The molecule has 289 valence electrons. The number of fused-ring (bicyclic) bond motifs is 3. The molecule has 9 aromatic rings. The number of hydrogen-bond donors (Lipinski definition) is 0. The molecular weight excluding hydrogens is 917 g/mol. The summed E-state index contributed by atoms with van der Waals surface area (Å²) in [5, 5.41) is 4.03. The van der Waals surface area contributed by atoms with E-state index in [0.29, 0.717) is 5.92 Å². The van der Waals surface area contributed by atoms with Crippen molar-refractivity contribution in [1.29, 1.82) is 0 Å². The van der Waals surface area contributed by atoms with Crippen LogP contribution in [0.2, 0.25) is 19.6 Å². The van der Waals surface area contributed by atoms with Crippen LogP contribution in [0.3, 0.4) is 0 Å². The monoisotopic (exact) mass is 963 g/mol. The van der Waals surface area contributed by atoms with E-state index in [9.17, 15) is 0 Å². The van der Waals surface area contributed by atoms with E-state index in [1.54, 1.807) is 0 Å². The molecule has 5 heteroatoms. The second-order valence-electron chi connectivity index (χ2n) is 15.9. The minimum atomic E-state index is -1.39. The Kier molecular flexibility index (Phi) is 12.8. The van der Waals surface area contributed by atoms with Crippen molar-refractivity contribution in [2.75, 3.05) is 0 Å². The van der Waals surface area contributed by atoms with Crippen molar-refractivity contribution in [1.82, 2.24) is 9.97 Å². The van der Waals surface area contributed by atoms with Crippen LogP contribution < -0.4 is 5.19 Å². The van der Waals surface area contributed by atoms with Gasteiger partial charge in [-0.2, -0.15) is 11.3 Å². The number of hydrogen-bond acceptors (Lipinski definition) is 3. The summed E-state index contributed by atoms with van der Waals surface area (Å²) in [6.07, 6.45) is 4.93. The van der Waals surface area contributed by atoms with E-state index >= 15 is 0 Å². The minimum absolute atomic E-state index is 0. The Morgan fingerprint density at radius 3 is 1.93 bits per heavy atom. The molecule has 3 heterocycles. The SMILES string of the molecule is CC(C)c1cc(-c2[c-]cc(-c3ccccc3)cc2)ncc1[Si](C)(C)C.[Ir].[c-]1ccc2c(sc3cc(-c4ccccc4)ccc32)c1-c1cc(Cc2ccccc2)ccn1. The second-order valence-corrected chi connectivity index (χ2v) is 22.0. The van der Waals surface area contributed by atoms with Crippen LogP contribution in [0.25, 0.3) is 64.9 Å². The molecule has 58 heavy (non-hydrogen) atoms. The number of benzene rings is 6. The van der Waals surface area contributed by atoms with Crippen molar-refractivity contribution in [3.05, 3.63) is 199 Å². The van der Waals surface area contributed by atoms with E-state index in [1.165, 1.54) is 64.3 Å². The second kappa shape index (κ2) is 18.1. The zero-order valence-corrected chi connectivity index (χ0v) is 37.8. The average molecular weight is 963 g/mol. The van der Waals surface area contributed by atoms with Gasteiger partial charge < -0.3 is 9.97 Å². The molecular formula is C53H46IrN2SSi-2. The first-order valence-corrected chi connectivity index (χ1v) is 24.0. The molecule has 3 aromatic heterocycles. The standard InChI is InChI=1S/C30H20NS.C23H26NSi.Ir/c1-3-8-21(9-4-1)18-22-16-17-31-28(19-22)27-13-7-12-26-25-15-14-24(20-29(25)32-30(26)27)23-10-5-2-6-11-23;1-17(2)21-15-22(24-16-23(21)25(3,4)5)20-13-11-19(12-14-20)18-9-7-6-8-10-18;/h1-12,14-17,19-20H,18H2;6-13,15-17H,1-5H3;/q2*-1;. The summed E-state index contributed by atoms with van der Waals surface area (Å²) in [6, 6.07) is 62.4. The molecule has 0 N–H and O–H groups in total. The molecule has 0 aliphatic rings. The number of nitrogens with zero attached hydrogens (tertiary/aromatic N) is 2. The summed E-state index contributed by atoms with van der Waals surface area (Å²) in [5.74, 6) is 0.507. The Hall–Kier alpha value is -5.29. The van der Waals surface area contributed by atoms with Gasteiger partial charge in [-0.15, -0.1) is 53.6 Å². The van der Waals surface area contributed by atoms with Crippen molar-refractivity contribution in [3.63, 3.8) is 0 Å². The maximum atomic E-state index is 4.76. The fourth-order valence-electron chi connectivity index (χ4n) is 7.41. The van der Waals surface area contributed by atoms with Gasteiger partial charge in [-0.05, 0) is 73.4 Å². The Balaban J connectivity index is 0.000000179. The van der Waals surface area contributed by atoms with Crippen LogP contribution in [-0.2, 0) is 26.5 Å². The molecule has 0 aliphatic heterocycles. The van der Waals surface area contributed by atoms with E-state index in [-0.39, 0.29) is 20.1 Å². The van der Waals surface area contributed by atoms with Gasteiger partial charge in [-0.25, -0.2) is 0 Å². The fraction of sp³-hybridized carbons (Fsp3) is 0.132. The molecule has 6 aromatic carbocycles. The average Bonchev–Trinajstić information content (AvgIpc) is 3.63. The van der Waals surface area contributed by atoms with Crippen LogP contribution in [0.15, 0.2) is 170 Å². The van der Waals surface area contributed by atoms with Crippen molar-refractivity contribution >= 4 is 44.8 Å². The molecule has 0 spiro atoms. The third kappa shape index (κ3) is 9.20. The molecule has 0 amide bonds. The Bertz CT molecular complexity index is 2760. The van der Waals surface area contributed by atoms with Gasteiger partial charge in [0.05, 0.1) is 8.07 Å². The fourth-order valence-corrected chi connectivity index (χ4v) is 10.3. The van der Waals surface area contributed by atoms with Crippen molar-refractivity contribution < 1.29 is 20.1 Å². The minimum Gasteiger partial charge on any atom is -0.305 e. The van der Waals surface area contributed by atoms with Gasteiger partial charge in [0.1, 0.15) is 0 Å². The molecule has 0 saturated heterocycles. The summed E-state index contributed by atoms with van der Waals surface area (Å²) in [5.41, 5.74) is 13.0. The molecule has 0 bridgehead atoms. The van der Waals surface area contributed by atoms with E-state index in [0.717, 1.165) is 28.9 Å².